The van der Waals surface area contributed by atoms with Crippen LogP contribution in [-0.4, -0.2) is 43.1 Å². The Bertz CT molecular complexity index is 926. The molecule has 130 valence electrons. The minimum Gasteiger partial charge on any atom is -0.340 e. The van der Waals surface area contributed by atoms with E-state index in [1.54, 1.807) is 49.5 Å². The first-order chi connectivity index (χ1) is 11.9. The van der Waals surface area contributed by atoms with Gasteiger partial charge in [0.15, 0.2) is 0 Å². The minimum atomic E-state index is -3.61. The highest BCUT2D eigenvalue weighted by atomic mass is 32.2. The van der Waals surface area contributed by atoms with Gasteiger partial charge in [-0.3, -0.25) is 19.5 Å². The lowest BCUT2D eigenvalue weighted by molar-refractivity contribution is -0.131. The molecule has 1 atom stereocenters. The number of hydrogen-bond donors (Lipinski definition) is 1. The average molecular weight is 358 g/mol. The fourth-order valence-electron chi connectivity index (χ4n) is 2.64. The number of carbonyl (C=O) groups excluding carboxylic acids is 1. The van der Waals surface area contributed by atoms with E-state index in [-0.39, 0.29) is 16.6 Å². The number of hydrogen-bond acceptors (Lipinski definition) is 5. The molecule has 0 saturated carbocycles. The number of nitrogens with zero attached hydrogens (tertiary/aromatic N) is 3. The van der Waals surface area contributed by atoms with E-state index < -0.39 is 16.1 Å². The number of aliphatic imine (C=N–C) groups is 1. The van der Waals surface area contributed by atoms with E-state index in [9.17, 15) is 13.2 Å². The van der Waals surface area contributed by atoms with Crippen molar-refractivity contribution in [3.8, 4) is 0 Å². The molecule has 2 aromatic rings. The molecular formula is C17H18N4O3S. The van der Waals surface area contributed by atoms with Crippen molar-refractivity contribution in [2.45, 2.75) is 24.4 Å². The number of rotatable bonds is 4. The summed E-state index contributed by atoms with van der Waals surface area (Å²) in [5.74, 6) is -0.00819. The van der Waals surface area contributed by atoms with E-state index in [2.05, 4.69) is 14.7 Å². The Kier molecular flexibility index (Phi) is 4.54. The summed E-state index contributed by atoms with van der Waals surface area (Å²) in [6.07, 6.45) is 3.37. The van der Waals surface area contributed by atoms with Crippen LogP contribution in [0.4, 0.5) is 0 Å². The summed E-state index contributed by atoms with van der Waals surface area (Å²) in [5.41, 5.74) is 1.39. The van der Waals surface area contributed by atoms with Gasteiger partial charge in [-0.05, 0) is 30.7 Å². The van der Waals surface area contributed by atoms with Gasteiger partial charge >= 0.3 is 0 Å². The lowest BCUT2D eigenvalue weighted by atomic mass is 10.2. The summed E-state index contributed by atoms with van der Waals surface area (Å²) >= 11 is 0. The molecule has 0 radical (unpaired) electrons. The van der Waals surface area contributed by atoms with Crippen molar-refractivity contribution in [3.05, 3.63) is 59.9 Å². The summed E-state index contributed by atoms with van der Waals surface area (Å²) in [6.45, 7) is 2.05. The molecule has 0 saturated heterocycles. The number of amidine groups is 1. The Morgan fingerprint density at radius 3 is 2.76 bits per heavy atom. The lowest BCUT2D eigenvalue weighted by Crippen LogP contribution is -2.35. The van der Waals surface area contributed by atoms with Crippen LogP contribution in [0.15, 0.2) is 58.7 Å². The van der Waals surface area contributed by atoms with E-state index >= 15 is 0 Å². The van der Waals surface area contributed by atoms with Gasteiger partial charge in [0.1, 0.15) is 11.9 Å². The highest BCUT2D eigenvalue weighted by molar-refractivity contribution is 7.90. The van der Waals surface area contributed by atoms with Gasteiger partial charge in [0.2, 0.25) is 5.91 Å². The monoisotopic (exact) mass is 358 g/mol. The van der Waals surface area contributed by atoms with Crippen LogP contribution in [0.1, 0.15) is 18.1 Å². The molecule has 1 amide bonds. The van der Waals surface area contributed by atoms with E-state index in [1.165, 1.54) is 6.07 Å². The van der Waals surface area contributed by atoms with Gasteiger partial charge in [-0.15, -0.1) is 0 Å². The normalized spacial score (nSPS) is 17.6. The molecule has 0 bridgehead atoms. The second-order valence-electron chi connectivity index (χ2n) is 5.81. The predicted molar refractivity (Wildman–Crippen MR) is 93.5 cm³/mol. The topological polar surface area (TPSA) is 91.7 Å². The molecule has 0 spiro atoms. The second-order valence-corrected chi connectivity index (χ2v) is 7.46. The second kappa shape index (κ2) is 6.64. The number of sulfonamides is 1. The van der Waals surface area contributed by atoms with Crippen LogP contribution in [0.5, 0.6) is 0 Å². The van der Waals surface area contributed by atoms with Crippen molar-refractivity contribution in [2.75, 3.05) is 7.05 Å². The molecule has 0 fully saturated rings. The molecule has 0 aliphatic carbocycles. The first-order valence-corrected chi connectivity index (χ1v) is 9.21. The third-order valence-electron chi connectivity index (χ3n) is 3.86. The van der Waals surface area contributed by atoms with Crippen LogP contribution >= 0.6 is 0 Å². The third-order valence-corrected chi connectivity index (χ3v) is 5.26. The van der Waals surface area contributed by atoms with Gasteiger partial charge in [0.05, 0.1) is 4.90 Å². The van der Waals surface area contributed by atoms with E-state index in [0.717, 1.165) is 5.56 Å². The first-order valence-electron chi connectivity index (χ1n) is 7.72. The summed E-state index contributed by atoms with van der Waals surface area (Å²) in [6, 6.07) is 9.54. The van der Waals surface area contributed by atoms with Gasteiger partial charge in [-0.25, -0.2) is 8.42 Å². The molecule has 8 heteroatoms. The third kappa shape index (κ3) is 3.53. The van der Waals surface area contributed by atoms with Crippen molar-refractivity contribution < 1.29 is 13.2 Å². The summed E-state index contributed by atoms with van der Waals surface area (Å²) < 4.78 is 26.6. The van der Waals surface area contributed by atoms with Crippen LogP contribution in [0.3, 0.4) is 0 Å². The van der Waals surface area contributed by atoms with Crippen LogP contribution in [-0.2, 0) is 21.4 Å². The molecule has 2 heterocycles. The van der Waals surface area contributed by atoms with Gasteiger partial charge in [0, 0.05) is 31.5 Å². The number of benzene rings is 1. The first kappa shape index (κ1) is 17.1. The number of pyridine rings is 1. The summed E-state index contributed by atoms with van der Waals surface area (Å²) in [5, 5.41) is 0. The zero-order valence-electron chi connectivity index (χ0n) is 13.9. The standard InChI is InChI=1S/C17H18N4O3S/c1-12(17(22)21(2)11-13-6-5-9-18-10-13)19-16-14-7-3-4-8-15(14)25(23,24)20-16/h3-10,12H,11H2,1-2H3,(H,19,20). The summed E-state index contributed by atoms with van der Waals surface area (Å²) in [4.78, 5) is 22.6. The van der Waals surface area contributed by atoms with E-state index in [0.29, 0.717) is 12.1 Å². The van der Waals surface area contributed by atoms with Crippen LogP contribution in [0.2, 0.25) is 0 Å². The molecule has 1 aliphatic rings. The Morgan fingerprint density at radius 2 is 2.04 bits per heavy atom. The number of amides is 1. The Hall–Kier alpha value is -2.74. The Morgan fingerprint density at radius 1 is 1.28 bits per heavy atom. The lowest BCUT2D eigenvalue weighted by Gasteiger charge is -2.19. The zero-order chi connectivity index (χ0) is 18.0. The number of nitrogens with one attached hydrogen (secondary N) is 1. The molecule has 1 aliphatic heterocycles. The number of carbonyl (C=O) groups is 1. The smallest absolute Gasteiger partial charge is 0.263 e. The van der Waals surface area contributed by atoms with Gasteiger partial charge in [-0.1, -0.05) is 18.2 Å². The maximum atomic E-state index is 12.5. The molecule has 3 rings (SSSR count). The van der Waals surface area contributed by atoms with E-state index in [1.807, 2.05) is 12.1 Å². The zero-order valence-corrected chi connectivity index (χ0v) is 14.7. The van der Waals surface area contributed by atoms with Crippen LogP contribution in [0.25, 0.3) is 0 Å². The highest BCUT2D eigenvalue weighted by Crippen LogP contribution is 2.22. The molecular weight excluding hydrogens is 340 g/mol. The SMILES string of the molecule is CC(N=C1NS(=O)(=O)c2ccccc21)C(=O)N(C)Cc1cccnc1. The maximum Gasteiger partial charge on any atom is 0.263 e. The van der Waals surface area contributed by atoms with Crippen LogP contribution < -0.4 is 4.72 Å². The van der Waals surface area contributed by atoms with Crippen molar-refractivity contribution in [1.29, 1.82) is 0 Å². The predicted octanol–water partition coefficient (Wildman–Crippen LogP) is 1.17. The molecule has 1 N–H and O–H groups in total. The molecule has 1 unspecified atom stereocenters. The van der Waals surface area contributed by atoms with Crippen molar-refractivity contribution in [1.82, 2.24) is 14.6 Å². The fourth-order valence-corrected chi connectivity index (χ4v) is 3.88. The van der Waals surface area contributed by atoms with Crippen molar-refractivity contribution >= 4 is 21.8 Å². The molecule has 1 aromatic carbocycles. The van der Waals surface area contributed by atoms with Gasteiger partial charge < -0.3 is 4.90 Å². The highest BCUT2D eigenvalue weighted by Gasteiger charge is 2.31. The molecule has 25 heavy (non-hydrogen) atoms. The molecule has 7 nitrogen and oxygen atoms in total. The fraction of sp³-hybridized carbons (Fsp3) is 0.235. The Balaban J connectivity index is 1.79. The number of aromatic nitrogens is 1. The minimum absolute atomic E-state index is 0.178. The Labute approximate surface area is 146 Å². The van der Waals surface area contributed by atoms with E-state index in [4.69, 9.17) is 0 Å². The summed E-state index contributed by atoms with van der Waals surface area (Å²) in [7, 11) is -1.93. The number of fused-ring (bicyclic) bond motifs is 1. The quantitative estimate of drug-likeness (QED) is 0.888. The van der Waals surface area contributed by atoms with Crippen molar-refractivity contribution in [3.63, 3.8) is 0 Å². The van der Waals surface area contributed by atoms with Crippen molar-refractivity contribution in [2.24, 2.45) is 4.99 Å². The van der Waals surface area contributed by atoms with Crippen LogP contribution in [0, 0.1) is 0 Å². The largest absolute Gasteiger partial charge is 0.340 e. The van der Waals surface area contributed by atoms with Gasteiger partial charge in [-0.2, -0.15) is 0 Å². The maximum absolute atomic E-state index is 12.5. The number of likely N-dealkylation sites (N-methyl/N-ethyl adjacent to an activating group) is 1. The molecule has 1 aromatic heterocycles. The van der Waals surface area contributed by atoms with Gasteiger partial charge in [0.25, 0.3) is 10.0 Å². The average Bonchev–Trinajstić information content (AvgIpc) is 2.86.